The van der Waals surface area contributed by atoms with Crippen LogP contribution in [0.3, 0.4) is 0 Å². The fourth-order valence-corrected chi connectivity index (χ4v) is 1.32. The van der Waals surface area contributed by atoms with Gasteiger partial charge < -0.3 is 0 Å². The first-order chi connectivity index (χ1) is 7.72. The van der Waals surface area contributed by atoms with Crippen molar-refractivity contribution in [2.45, 2.75) is 59.3 Å². The summed E-state index contributed by atoms with van der Waals surface area (Å²) in [5.74, 6) is -0.00685. The van der Waals surface area contributed by atoms with Gasteiger partial charge in [-0.1, -0.05) is 45.6 Å². The van der Waals surface area contributed by atoms with E-state index in [0.29, 0.717) is 0 Å². The number of rotatable bonds is 9. The summed E-state index contributed by atoms with van der Waals surface area (Å²) in [4.78, 5) is 11.5. The molecule has 0 radical (unpaired) electrons. The third-order valence-corrected chi connectivity index (χ3v) is 2.47. The summed E-state index contributed by atoms with van der Waals surface area (Å²) >= 11 is 0. The zero-order chi connectivity index (χ0) is 12.2. The van der Waals surface area contributed by atoms with Crippen LogP contribution in [0.25, 0.3) is 0 Å². The summed E-state index contributed by atoms with van der Waals surface area (Å²) in [5, 5.41) is 0. The highest BCUT2D eigenvalue weighted by atomic mass is 16.2. The van der Waals surface area contributed by atoms with Gasteiger partial charge in [0.1, 0.15) is 0 Å². The lowest BCUT2D eigenvalue weighted by atomic mass is 10.2. The van der Waals surface area contributed by atoms with Gasteiger partial charge in [-0.3, -0.25) is 10.2 Å². The molecule has 0 spiro atoms. The van der Waals surface area contributed by atoms with Crippen LogP contribution in [0.1, 0.15) is 59.3 Å². The Hall–Kier alpha value is -0.830. The van der Waals surface area contributed by atoms with Crippen LogP contribution in [0.2, 0.25) is 0 Å². The highest BCUT2D eigenvalue weighted by Gasteiger charge is 2.01. The van der Waals surface area contributed by atoms with Crippen molar-refractivity contribution in [2.75, 3.05) is 6.54 Å². The number of hydrogen-bond donors (Lipinski definition) is 2. The maximum Gasteiger partial charge on any atom is 0.260 e. The van der Waals surface area contributed by atoms with Gasteiger partial charge in [0.25, 0.3) is 5.91 Å². The predicted molar refractivity (Wildman–Crippen MR) is 69.0 cm³/mol. The zero-order valence-corrected chi connectivity index (χ0v) is 10.9. The van der Waals surface area contributed by atoms with E-state index in [4.69, 9.17) is 0 Å². The van der Waals surface area contributed by atoms with Crippen LogP contribution in [0.4, 0.5) is 0 Å². The van der Waals surface area contributed by atoms with E-state index in [1.54, 1.807) is 0 Å². The maximum atomic E-state index is 11.5. The second kappa shape index (κ2) is 10.7. The van der Waals surface area contributed by atoms with E-state index >= 15 is 0 Å². The first-order valence-electron chi connectivity index (χ1n) is 6.42. The van der Waals surface area contributed by atoms with Gasteiger partial charge in [0.2, 0.25) is 0 Å². The predicted octanol–water partition coefficient (Wildman–Crippen LogP) is 2.93. The van der Waals surface area contributed by atoms with E-state index in [0.717, 1.165) is 31.4 Å². The third-order valence-electron chi connectivity index (χ3n) is 2.47. The topological polar surface area (TPSA) is 41.1 Å². The molecule has 0 heterocycles. The van der Waals surface area contributed by atoms with Crippen molar-refractivity contribution in [1.82, 2.24) is 10.9 Å². The van der Waals surface area contributed by atoms with E-state index in [1.165, 1.54) is 19.3 Å². The Kier molecular flexibility index (Phi) is 10.1. The van der Waals surface area contributed by atoms with E-state index < -0.39 is 0 Å². The summed E-state index contributed by atoms with van der Waals surface area (Å²) in [6.07, 6.45) is 8.82. The van der Waals surface area contributed by atoms with E-state index in [2.05, 4.69) is 24.7 Å². The Labute approximate surface area is 99.7 Å². The molecule has 0 aliphatic carbocycles. The average Bonchev–Trinajstić information content (AvgIpc) is 2.28. The van der Waals surface area contributed by atoms with Crippen molar-refractivity contribution >= 4 is 5.91 Å². The highest BCUT2D eigenvalue weighted by Crippen LogP contribution is 2.00. The quantitative estimate of drug-likeness (QED) is 0.360. The van der Waals surface area contributed by atoms with E-state index in [-0.39, 0.29) is 5.91 Å². The number of hydrogen-bond acceptors (Lipinski definition) is 2. The minimum Gasteiger partial charge on any atom is -0.288 e. The van der Waals surface area contributed by atoms with Crippen LogP contribution >= 0.6 is 0 Å². The van der Waals surface area contributed by atoms with Crippen LogP contribution in [0.5, 0.6) is 0 Å². The Balaban J connectivity index is 3.58. The Morgan fingerprint density at radius 1 is 1.12 bits per heavy atom. The lowest BCUT2D eigenvalue weighted by Crippen LogP contribution is -2.38. The molecule has 0 saturated carbocycles. The number of carbonyl (C=O) groups excluding carboxylic acids is 1. The van der Waals surface area contributed by atoms with E-state index in [9.17, 15) is 4.79 Å². The molecule has 0 aliphatic heterocycles. The summed E-state index contributed by atoms with van der Waals surface area (Å²) in [7, 11) is 0. The van der Waals surface area contributed by atoms with Crippen molar-refractivity contribution in [3.63, 3.8) is 0 Å². The van der Waals surface area contributed by atoms with Gasteiger partial charge >= 0.3 is 0 Å². The number of unbranched alkanes of at least 4 members (excludes halogenated alkanes) is 4. The molecule has 1 amide bonds. The maximum absolute atomic E-state index is 11.5. The van der Waals surface area contributed by atoms with Crippen molar-refractivity contribution in [3.8, 4) is 0 Å². The number of amides is 1. The molecule has 3 heteroatoms. The van der Waals surface area contributed by atoms with Gasteiger partial charge in [0.05, 0.1) is 0 Å². The number of allylic oxidation sites excluding steroid dienone is 1. The van der Waals surface area contributed by atoms with Crippen LogP contribution in [0, 0.1) is 0 Å². The molecule has 0 unspecified atom stereocenters. The van der Waals surface area contributed by atoms with Crippen LogP contribution in [-0.2, 0) is 4.79 Å². The molecule has 0 atom stereocenters. The molecule has 0 saturated heterocycles. The van der Waals surface area contributed by atoms with Gasteiger partial charge in [-0.15, -0.1) is 0 Å². The molecule has 0 bridgehead atoms. The van der Waals surface area contributed by atoms with Gasteiger partial charge in [0.15, 0.2) is 0 Å². The highest BCUT2D eigenvalue weighted by molar-refractivity contribution is 5.92. The fraction of sp³-hybridized carbons (Fsp3) is 0.769. The molecule has 16 heavy (non-hydrogen) atoms. The van der Waals surface area contributed by atoms with Crippen LogP contribution in [0.15, 0.2) is 11.6 Å². The Morgan fingerprint density at radius 2 is 1.81 bits per heavy atom. The van der Waals surface area contributed by atoms with Gasteiger partial charge in [-0.25, -0.2) is 5.43 Å². The summed E-state index contributed by atoms with van der Waals surface area (Å²) in [6.45, 7) is 7.03. The summed E-state index contributed by atoms with van der Waals surface area (Å²) in [5.41, 5.74) is 6.46. The first kappa shape index (κ1) is 15.2. The number of nitrogens with one attached hydrogen (secondary N) is 2. The Morgan fingerprint density at radius 3 is 2.44 bits per heavy atom. The largest absolute Gasteiger partial charge is 0.288 e. The monoisotopic (exact) mass is 226 g/mol. The smallest absolute Gasteiger partial charge is 0.260 e. The second-order valence-corrected chi connectivity index (χ2v) is 4.12. The van der Waals surface area contributed by atoms with Crippen molar-refractivity contribution in [3.05, 3.63) is 11.6 Å². The minimum atomic E-state index is -0.00685. The standard InChI is InChI=1S/C13H26N2O/c1-4-6-8-10-12(3)13(16)15-14-11-9-7-5-2/h10,14H,4-9,11H2,1-3H3,(H,15,16). The molecule has 0 aromatic rings. The van der Waals surface area contributed by atoms with E-state index in [1.807, 2.05) is 13.0 Å². The molecular formula is C13H26N2O. The molecule has 0 aliphatic rings. The Bertz CT molecular complexity index is 212. The lowest BCUT2D eigenvalue weighted by Gasteiger charge is -2.06. The normalized spacial score (nSPS) is 11.6. The van der Waals surface area contributed by atoms with Crippen LogP contribution in [-0.4, -0.2) is 12.5 Å². The second-order valence-electron chi connectivity index (χ2n) is 4.12. The average molecular weight is 226 g/mol. The molecule has 94 valence electrons. The molecule has 0 fully saturated rings. The van der Waals surface area contributed by atoms with Crippen molar-refractivity contribution in [1.29, 1.82) is 0 Å². The van der Waals surface area contributed by atoms with Gasteiger partial charge in [-0.05, 0) is 19.8 Å². The zero-order valence-electron chi connectivity index (χ0n) is 10.9. The van der Waals surface area contributed by atoms with Crippen molar-refractivity contribution in [2.24, 2.45) is 0 Å². The molecule has 0 aromatic heterocycles. The lowest BCUT2D eigenvalue weighted by molar-refractivity contribution is -0.118. The van der Waals surface area contributed by atoms with Crippen LogP contribution < -0.4 is 10.9 Å². The molecule has 2 N–H and O–H groups in total. The third kappa shape index (κ3) is 8.48. The van der Waals surface area contributed by atoms with Gasteiger partial charge in [0, 0.05) is 12.1 Å². The SMILES string of the molecule is CCCCC=C(C)C(=O)NNCCCCC. The van der Waals surface area contributed by atoms with Gasteiger partial charge in [-0.2, -0.15) is 0 Å². The fourth-order valence-electron chi connectivity index (χ4n) is 1.32. The molecule has 3 nitrogen and oxygen atoms in total. The molecular weight excluding hydrogens is 200 g/mol. The number of hydrazine groups is 1. The molecule has 0 rings (SSSR count). The van der Waals surface area contributed by atoms with Crippen molar-refractivity contribution < 1.29 is 4.79 Å². The first-order valence-corrected chi connectivity index (χ1v) is 6.42. The summed E-state index contributed by atoms with van der Waals surface area (Å²) < 4.78 is 0. The molecule has 0 aromatic carbocycles. The summed E-state index contributed by atoms with van der Waals surface area (Å²) in [6, 6.07) is 0. The minimum absolute atomic E-state index is 0.00685. The number of carbonyl (C=O) groups is 1.